The van der Waals surface area contributed by atoms with E-state index in [1.54, 1.807) is 36.8 Å². The standard InChI is InChI=1S/C10H11N5O2/c16-10(15-14-9-3-6-12-13-9)17-7-8-1-4-11-5-2-8/h1-6H,7H2,(H,15,16)(H2,12,13,14). The molecule has 0 fully saturated rings. The Bertz CT molecular complexity index is 457. The van der Waals surface area contributed by atoms with E-state index < -0.39 is 6.09 Å². The third-order valence-electron chi connectivity index (χ3n) is 1.92. The number of anilines is 1. The van der Waals surface area contributed by atoms with Crippen molar-refractivity contribution >= 4 is 11.9 Å². The van der Waals surface area contributed by atoms with Crippen LogP contribution in [0.15, 0.2) is 36.8 Å². The molecule has 2 heterocycles. The second kappa shape index (κ2) is 5.50. The summed E-state index contributed by atoms with van der Waals surface area (Å²) in [5, 5.41) is 6.33. The third-order valence-corrected chi connectivity index (χ3v) is 1.92. The average Bonchev–Trinajstić information content (AvgIpc) is 2.88. The van der Waals surface area contributed by atoms with Gasteiger partial charge >= 0.3 is 6.09 Å². The quantitative estimate of drug-likeness (QED) is 0.687. The predicted octanol–water partition coefficient (Wildman–Crippen LogP) is 1.06. The summed E-state index contributed by atoms with van der Waals surface area (Å²) in [6.45, 7) is 0.193. The molecular formula is C10H11N5O2. The van der Waals surface area contributed by atoms with Gasteiger partial charge in [-0.25, -0.2) is 10.2 Å². The molecule has 0 aliphatic heterocycles. The van der Waals surface area contributed by atoms with E-state index in [4.69, 9.17) is 4.74 Å². The normalized spacial score (nSPS) is 9.65. The minimum Gasteiger partial charge on any atom is -0.443 e. The van der Waals surface area contributed by atoms with E-state index in [9.17, 15) is 4.79 Å². The first-order valence-electron chi connectivity index (χ1n) is 4.91. The Kier molecular flexibility index (Phi) is 3.53. The highest BCUT2D eigenvalue weighted by atomic mass is 16.6. The maximum absolute atomic E-state index is 11.3. The molecule has 0 unspecified atom stereocenters. The molecule has 2 rings (SSSR count). The molecule has 2 aromatic heterocycles. The number of aromatic amines is 1. The van der Waals surface area contributed by atoms with E-state index in [1.807, 2.05) is 0 Å². The summed E-state index contributed by atoms with van der Waals surface area (Å²) < 4.78 is 4.95. The van der Waals surface area contributed by atoms with Crippen molar-refractivity contribution in [2.45, 2.75) is 6.61 Å². The topological polar surface area (TPSA) is 91.9 Å². The predicted molar refractivity (Wildman–Crippen MR) is 59.8 cm³/mol. The van der Waals surface area contributed by atoms with Crippen molar-refractivity contribution in [1.82, 2.24) is 20.6 Å². The summed E-state index contributed by atoms with van der Waals surface area (Å²) in [5.41, 5.74) is 5.83. The largest absolute Gasteiger partial charge is 0.443 e. The summed E-state index contributed by atoms with van der Waals surface area (Å²) in [6.07, 6.45) is 4.27. The van der Waals surface area contributed by atoms with Crippen LogP contribution in [0.2, 0.25) is 0 Å². The lowest BCUT2D eigenvalue weighted by Gasteiger charge is -2.07. The van der Waals surface area contributed by atoms with Gasteiger partial charge in [0.2, 0.25) is 0 Å². The van der Waals surface area contributed by atoms with Gasteiger partial charge < -0.3 is 4.74 Å². The SMILES string of the molecule is O=C(NNc1ccn[nH]1)OCc1ccncc1. The smallest absolute Gasteiger partial charge is 0.426 e. The molecule has 0 saturated heterocycles. The number of hydrogen-bond donors (Lipinski definition) is 3. The molecular weight excluding hydrogens is 222 g/mol. The molecule has 7 heteroatoms. The number of rotatable bonds is 4. The summed E-state index contributed by atoms with van der Waals surface area (Å²) in [6, 6.07) is 5.22. The van der Waals surface area contributed by atoms with Gasteiger partial charge in [-0.1, -0.05) is 0 Å². The van der Waals surface area contributed by atoms with Crippen molar-refractivity contribution in [1.29, 1.82) is 0 Å². The molecule has 0 radical (unpaired) electrons. The fourth-order valence-electron chi connectivity index (χ4n) is 1.11. The molecule has 0 aliphatic carbocycles. The van der Waals surface area contributed by atoms with Crippen molar-refractivity contribution in [2.75, 3.05) is 5.43 Å². The number of nitrogens with zero attached hydrogens (tertiary/aromatic N) is 2. The molecule has 0 bridgehead atoms. The van der Waals surface area contributed by atoms with Crippen molar-refractivity contribution in [3.8, 4) is 0 Å². The van der Waals surface area contributed by atoms with E-state index in [0.29, 0.717) is 5.82 Å². The lowest BCUT2D eigenvalue weighted by molar-refractivity contribution is 0.142. The monoisotopic (exact) mass is 233 g/mol. The minimum absolute atomic E-state index is 0.193. The first-order chi connectivity index (χ1) is 8.34. The van der Waals surface area contributed by atoms with Crippen LogP contribution in [0, 0.1) is 0 Å². The number of carbonyl (C=O) groups excluding carboxylic acids is 1. The van der Waals surface area contributed by atoms with Gasteiger partial charge in [0.05, 0.1) is 6.20 Å². The number of carbonyl (C=O) groups is 1. The van der Waals surface area contributed by atoms with Crippen molar-refractivity contribution in [3.05, 3.63) is 42.4 Å². The molecule has 0 saturated carbocycles. The van der Waals surface area contributed by atoms with Gasteiger partial charge in [0, 0.05) is 18.5 Å². The molecule has 88 valence electrons. The number of hydrazine groups is 1. The number of nitrogens with one attached hydrogen (secondary N) is 3. The van der Waals surface area contributed by atoms with Gasteiger partial charge in [-0.2, -0.15) is 5.10 Å². The van der Waals surface area contributed by atoms with E-state index in [2.05, 4.69) is 26.0 Å². The van der Waals surface area contributed by atoms with Crippen LogP contribution < -0.4 is 10.9 Å². The Morgan fingerprint density at radius 3 is 2.82 bits per heavy atom. The minimum atomic E-state index is -0.573. The molecule has 7 nitrogen and oxygen atoms in total. The fraction of sp³-hybridized carbons (Fsp3) is 0.100. The van der Waals surface area contributed by atoms with Gasteiger partial charge in [0.25, 0.3) is 0 Å². The van der Waals surface area contributed by atoms with Crippen LogP contribution in [0.25, 0.3) is 0 Å². The molecule has 1 amide bonds. The lowest BCUT2D eigenvalue weighted by atomic mass is 10.3. The zero-order chi connectivity index (χ0) is 11.9. The van der Waals surface area contributed by atoms with Crippen LogP contribution in [0.3, 0.4) is 0 Å². The number of amides is 1. The number of pyridine rings is 1. The van der Waals surface area contributed by atoms with Gasteiger partial charge in [-0.15, -0.1) is 0 Å². The zero-order valence-electron chi connectivity index (χ0n) is 8.88. The highest BCUT2D eigenvalue weighted by molar-refractivity contribution is 5.68. The lowest BCUT2D eigenvalue weighted by Crippen LogP contribution is -2.30. The number of aromatic nitrogens is 3. The highest BCUT2D eigenvalue weighted by Crippen LogP contribution is 1.99. The van der Waals surface area contributed by atoms with Crippen LogP contribution in [-0.4, -0.2) is 21.3 Å². The molecule has 17 heavy (non-hydrogen) atoms. The molecule has 0 atom stereocenters. The Morgan fingerprint density at radius 1 is 1.29 bits per heavy atom. The Hall–Kier alpha value is -2.57. The van der Waals surface area contributed by atoms with E-state index in [-0.39, 0.29) is 6.61 Å². The van der Waals surface area contributed by atoms with Crippen LogP contribution in [0.4, 0.5) is 10.6 Å². The van der Waals surface area contributed by atoms with Gasteiger partial charge in [0.15, 0.2) is 0 Å². The number of ether oxygens (including phenoxy) is 1. The summed E-state index contributed by atoms with van der Waals surface area (Å²) in [5.74, 6) is 0.575. The average molecular weight is 233 g/mol. The summed E-state index contributed by atoms with van der Waals surface area (Å²) >= 11 is 0. The van der Waals surface area contributed by atoms with Gasteiger partial charge in [-0.05, 0) is 17.7 Å². The van der Waals surface area contributed by atoms with E-state index in [1.165, 1.54) is 0 Å². The van der Waals surface area contributed by atoms with Gasteiger partial charge in [0.1, 0.15) is 12.4 Å². The van der Waals surface area contributed by atoms with Crippen molar-refractivity contribution in [3.63, 3.8) is 0 Å². The Labute approximate surface area is 97.2 Å². The molecule has 2 aromatic rings. The number of H-pyrrole nitrogens is 1. The molecule has 3 N–H and O–H groups in total. The van der Waals surface area contributed by atoms with Crippen LogP contribution in [0.1, 0.15) is 5.56 Å². The Balaban J connectivity index is 1.71. The molecule has 0 spiro atoms. The van der Waals surface area contributed by atoms with Crippen LogP contribution in [-0.2, 0) is 11.3 Å². The van der Waals surface area contributed by atoms with E-state index in [0.717, 1.165) is 5.56 Å². The second-order valence-corrected chi connectivity index (χ2v) is 3.15. The first kappa shape index (κ1) is 10.9. The highest BCUT2D eigenvalue weighted by Gasteiger charge is 2.02. The first-order valence-corrected chi connectivity index (χ1v) is 4.91. The fourth-order valence-corrected chi connectivity index (χ4v) is 1.11. The van der Waals surface area contributed by atoms with Gasteiger partial charge in [-0.3, -0.25) is 15.5 Å². The summed E-state index contributed by atoms with van der Waals surface area (Å²) in [7, 11) is 0. The maximum Gasteiger partial charge on any atom is 0.426 e. The van der Waals surface area contributed by atoms with Crippen molar-refractivity contribution in [2.24, 2.45) is 0 Å². The summed E-state index contributed by atoms with van der Waals surface area (Å²) in [4.78, 5) is 15.1. The maximum atomic E-state index is 11.3. The number of hydrogen-bond acceptors (Lipinski definition) is 5. The molecule has 0 aliphatic rings. The Morgan fingerprint density at radius 2 is 2.12 bits per heavy atom. The van der Waals surface area contributed by atoms with Crippen molar-refractivity contribution < 1.29 is 9.53 Å². The zero-order valence-corrected chi connectivity index (χ0v) is 8.88. The molecule has 0 aromatic carbocycles. The third kappa shape index (κ3) is 3.49. The van der Waals surface area contributed by atoms with Crippen LogP contribution in [0.5, 0.6) is 0 Å². The second-order valence-electron chi connectivity index (χ2n) is 3.15. The van der Waals surface area contributed by atoms with E-state index >= 15 is 0 Å². The van der Waals surface area contributed by atoms with Crippen LogP contribution >= 0.6 is 0 Å².